The zero-order chi connectivity index (χ0) is 18.0. The number of methoxy groups -OCH3 is 2. The van der Waals surface area contributed by atoms with Crippen molar-refractivity contribution in [1.29, 1.82) is 0 Å². The summed E-state index contributed by atoms with van der Waals surface area (Å²) in [6.45, 7) is 2.68. The molecule has 1 saturated carbocycles. The van der Waals surface area contributed by atoms with Crippen LogP contribution in [0.15, 0.2) is 40.9 Å². The lowest BCUT2D eigenvalue weighted by Crippen LogP contribution is -2.32. The van der Waals surface area contributed by atoms with Crippen LogP contribution in [0.1, 0.15) is 34.3 Å². The van der Waals surface area contributed by atoms with Crippen LogP contribution < -0.4 is 9.47 Å². The van der Waals surface area contributed by atoms with E-state index in [2.05, 4.69) is 47.1 Å². The highest BCUT2D eigenvalue weighted by molar-refractivity contribution is 9.10. The minimum atomic E-state index is 0.00664. The van der Waals surface area contributed by atoms with Crippen molar-refractivity contribution in [2.45, 2.75) is 32.4 Å². The zero-order valence-corrected chi connectivity index (χ0v) is 16.3. The zero-order valence-electron chi connectivity index (χ0n) is 14.7. The summed E-state index contributed by atoms with van der Waals surface area (Å²) in [7, 11) is 3.16. The molecule has 0 unspecified atom stereocenters. The van der Waals surface area contributed by atoms with Crippen molar-refractivity contribution in [3.05, 3.63) is 57.6 Å². The molecule has 0 heterocycles. The van der Waals surface area contributed by atoms with Crippen LogP contribution in [0.5, 0.6) is 11.5 Å². The predicted octanol–water partition coefficient (Wildman–Crippen LogP) is 4.58. The first-order valence-electron chi connectivity index (χ1n) is 8.31. The van der Waals surface area contributed by atoms with E-state index < -0.39 is 0 Å². The smallest absolute Gasteiger partial charge is 0.254 e. The summed E-state index contributed by atoms with van der Waals surface area (Å²) in [4.78, 5) is 15.1. The van der Waals surface area contributed by atoms with Crippen molar-refractivity contribution in [3.8, 4) is 11.5 Å². The van der Waals surface area contributed by atoms with Crippen LogP contribution in [-0.2, 0) is 6.54 Å². The van der Waals surface area contributed by atoms with Gasteiger partial charge in [-0.25, -0.2) is 0 Å². The molecule has 0 saturated heterocycles. The maximum Gasteiger partial charge on any atom is 0.254 e. The SMILES string of the molecule is COc1cc(C(=O)N(Cc2ccc(C)cc2)C2CC2)cc(OC)c1Br. The number of hydrogen-bond donors (Lipinski definition) is 0. The number of hydrogen-bond acceptors (Lipinski definition) is 3. The number of amides is 1. The summed E-state index contributed by atoms with van der Waals surface area (Å²) in [5.74, 6) is 1.19. The molecule has 0 aromatic heterocycles. The normalized spacial score (nSPS) is 13.4. The minimum absolute atomic E-state index is 0.00664. The van der Waals surface area contributed by atoms with E-state index in [-0.39, 0.29) is 5.91 Å². The molecule has 25 heavy (non-hydrogen) atoms. The molecular formula is C20H22BrNO3. The van der Waals surface area contributed by atoms with Gasteiger partial charge in [-0.2, -0.15) is 0 Å². The molecular weight excluding hydrogens is 382 g/mol. The number of rotatable bonds is 6. The van der Waals surface area contributed by atoms with Crippen LogP contribution in [0.2, 0.25) is 0 Å². The second kappa shape index (κ2) is 7.48. The van der Waals surface area contributed by atoms with E-state index in [1.54, 1.807) is 26.4 Å². The van der Waals surface area contributed by atoms with Gasteiger partial charge in [0, 0.05) is 18.2 Å². The first kappa shape index (κ1) is 17.8. The number of carbonyl (C=O) groups is 1. The van der Waals surface area contributed by atoms with Gasteiger partial charge in [0.2, 0.25) is 0 Å². The lowest BCUT2D eigenvalue weighted by molar-refractivity contribution is 0.0729. The first-order valence-corrected chi connectivity index (χ1v) is 9.11. The Labute approximate surface area is 156 Å². The molecule has 0 radical (unpaired) electrons. The van der Waals surface area contributed by atoms with Crippen molar-refractivity contribution in [2.75, 3.05) is 14.2 Å². The molecule has 2 aromatic rings. The van der Waals surface area contributed by atoms with Gasteiger partial charge in [0.1, 0.15) is 16.0 Å². The van der Waals surface area contributed by atoms with E-state index in [1.807, 2.05) is 4.90 Å². The summed E-state index contributed by atoms with van der Waals surface area (Å²) in [6, 6.07) is 12.2. The Kier molecular flexibility index (Phi) is 5.33. The summed E-state index contributed by atoms with van der Waals surface area (Å²) in [5.41, 5.74) is 2.94. The molecule has 2 aromatic carbocycles. The molecule has 5 heteroatoms. The maximum absolute atomic E-state index is 13.1. The Morgan fingerprint density at radius 2 is 1.68 bits per heavy atom. The third kappa shape index (κ3) is 3.98. The lowest BCUT2D eigenvalue weighted by atomic mass is 10.1. The Balaban J connectivity index is 1.89. The third-order valence-electron chi connectivity index (χ3n) is 4.41. The first-order chi connectivity index (χ1) is 12.0. The molecule has 0 bridgehead atoms. The number of benzene rings is 2. The lowest BCUT2D eigenvalue weighted by Gasteiger charge is -2.23. The van der Waals surface area contributed by atoms with Crippen molar-refractivity contribution in [1.82, 2.24) is 4.90 Å². The van der Waals surface area contributed by atoms with Crippen molar-refractivity contribution in [2.24, 2.45) is 0 Å². The van der Waals surface area contributed by atoms with E-state index in [0.29, 0.717) is 34.1 Å². The average molecular weight is 404 g/mol. The van der Waals surface area contributed by atoms with Crippen LogP contribution in [0.4, 0.5) is 0 Å². The molecule has 0 atom stereocenters. The van der Waals surface area contributed by atoms with Gasteiger partial charge < -0.3 is 14.4 Å². The van der Waals surface area contributed by atoms with Crippen molar-refractivity contribution >= 4 is 21.8 Å². The van der Waals surface area contributed by atoms with Gasteiger partial charge in [0.05, 0.1) is 14.2 Å². The molecule has 3 rings (SSSR count). The molecule has 132 valence electrons. The number of carbonyl (C=O) groups excluding carboxylic acids is 1. The van der Waals surface area contributed by atoms with Crippen molar-refractivity contribution < 1.29 is 14.3 Å². The predicted molar refractivity (Wildman–Crippen MR) is 101 cm³/mol. The number of aryl methyl sites for hydroxylation is 1. The molecule has 1 aliphatic carbocycles. The molecule has 1 amide bonds. The van der Waals surface area contributed by atoms with Crippen LogP contribution in [0, 0.1) is 6.92 Å². The van der Waals surface area contributed by atoms with Gasteiger partial charge in [0.25, 0.3) is 5.91 Å². The van der Waals surface area contributed by atoms with Gasteiger partial charge in [-0.15, -0.1) is 0 Å². The van der Waals surface area contributed by atoms with Crippen LogP contribution >= 0.6 is 15.9 Å². The maximum atomic E-state index is 13.1. The highest BCUT2D eigenvalue weighted by Crippen LogP contribution is 2.37. The average Bonchev–Trinajstić information content (AvgIpc) is 3.46. The highest BCUT2D eigenvalue weighted by atomic mass is 79.9. The quantitative estimate of drug-likeness (QED) is 0.708. The number of ether oxygens (including phenoxy) is 2. The van der Waals surface area contributed by atoms with E-state index >= 15 is 0 Å². The summed E-state index contributed by atoms with van der Waals surface area (Å²) >= 11 is 3.45. The second-order valence-electron chi connectivity index (χ2n) is 6.34. The van der Waals surface area contributed by atoms with E-state index in [9.17, 15) is 4.79 Å². The summed E-state index contributed by atoms with van der Waals surface area (Å²) in [6.07, 6.45) is 2.12. The van der Waals surface area contributed by atoms with Gasteiger partial charge in [-0.3, -0.25) is 4.79 Å². The third-order valence-corrected chi connectivity index (χ3v) is 5.20. The fourth-order valence-corrected chi connectivity index (χ4v) is 3.35. The Bertz CT molecular complexity index is 744. The molecule has 0 aliphatic heterocycles. The van der Waals surface area contributed by atoms with Crippen LogP contribution in [0.25, 0.3) is 0 Å². The fraction of sp³-hybridized carbons (Fsp3) is 0.350. The number of halogens is 1. The van der Waals surface area contributed by atoms with E-state index in [1.165, 1.54) is 5.56 Å². The van der Waals surface area contributed by atoms with Crippen LogP contribution in [0.3, 0.4) is 0 Å². The Hall–Kier alpha value is -2.01. The molecule has 1 aliphatic rings. The second-order valence-corrected chi connectivity index (χ2v) is 7.14. The minimum Gasteiger partial charge on any atom is -0.495 e. The largest absolute Gasteiger partial charge is 0.495 e. The van der Waals surface area contributed by atoms with Gasteiger partial charge in [-0.1, -0.05) is 29.8 Å². The summed E-state index contributed by atoms with van der Waals surface area (Å²) < 4.78 is 11.4. The van der Waals surface area contributed by atoms with Crippen molar-refractivity contribution in [3.63, 3.8) is 0 Å². The number of nitrogens with zero attached hydrogens (tertiary/aromatic N) is 1. The molecule has 4 nitrogen and oxygen atoms in total. The van der Waals surface area contributed by atoms with Gasteiger partial charge in [-0.05, 0) is 53.4 Å². The van der Waals surface area contributed by atoms with Crippen LogP contribution in [-0.4, -0.2) is 31.1 Å². The van der Waals surface area contributed by atoms with E-state index in [4.69, 9.17) is 9.47 Å². The van der Waals surface area contributed by atoms with E-state index in [0.717, 1.165) is 18.4 Å². The topological polar surface area (TPSA) is 38.8 Å². The molecule has 1 fully saturated rings. The highest BCUT2D eigenvalue weighted by Gasteiger charge is 2.33. The Morgan fingerprint density at radius 1 is 1.12 bits per heavy atom. The summed E-state index contributed by atoms with van der Waals surface area (Å²) in [5, 5.41) is 0. The van der Waals surface area contributed by atoms with Gasteiger partial charge >= 0.3 is 0 Å². The molecule has 0 N–H and O–H groups in total. The standard InChI is InChI=1S/C20H22BrNO3/c1-13-4-6-14(7-5-13)12-22(16-8-9-16)20(23)15-10-17(24-2)19(21)18(11-15)25-3/h4-7,10-11,16H,8-9,12H2,1-3H3. The fourth-order valence-electron chi connectivity index (χ4n) is 2.80. The molecule has 0 spiro atoms. The Morgan fingerprint density at radius 3 is 2.16 bits per heavy atom. The monoisotopic (exact) mass is 403 g/mol. The van der Waals surface area contributed by atoms with Gasteiger partial charge in [0.15, 0.2) is 0 Å².